The Kier molecular flexibility index (Phi) is 5.64. The number of aromatic amines is 1. The van der Waals surface area contributed by atoms with Crippen LogP contribution >= 0.6 is 0 Å². The summed E-state index contributed by atoms with van der Waals surface area (Å²) in [5, 5.41) is 7.77. The third-order valence-corrected chi connectivity index (χ3v) is 8.99. The van der Waals surface area contributed by atoms with Gasteiger partial charge in [-0.15, -0.1) is 0 Å². The Labute approximate surface area is 233 Å². The van der Waals surface area contributed by atoms with Gasteiger partial charge < -0.3 is 19.8 Å². The molecule has 1 fully saturated rings. The van der Waals surface area contributed by atoms with Crippen LogP contribution < -0.4 is 5.32 Å². The quantitative estimate of drug-likeness (QED) is 0.284. The number of aromatic nitrogens is 2. The zero-order valence-corrected chi connectivity index (χ0v) is 22.6. The highest BCUT2D eigenvalue weighted by atomic mass is 16.1. The van der Waals surface area contributed by atoms with E-state index in [1.165, 1.54) is 27.2 Å². The van der Waals surface area contributed by atoms with Crippen LogP contribution in [0.1, 0.15) is 27.9 Å². The minimum absolute atomic E-state index is 0.0449. The van der Waals surface area contributed by atoms with Crippen LogP contribution in [0, 0.1) is 0 Å². The van der Waals surface area contributed by atoms with Crippen LogP contribution in [-0.2, 0) is 19.6 Å². The van der Waals surface area contributed by atoms with Gasteiger partial charge in [-0.25, -0.2) is 0 Å². The lowest BCUT2D eigenvalue weighted by Crippen LogP contribution is -2.46. The van der Waals surface area contributed by atoms with E-state index in [4.69, 9.17) is 0 Å². The van der Waals surface area contributed by atoms with Gasteiger partial charge in [0.15, 0.2) is 0 Å². The monoisotopic (exact) mass is 527 g/mol. The molecule has 0 aliphatic carbocycles. The molecule has 0 bridgehead atoms. The molecule has 0 atom stereocenters. The van der Waals surface area contributed by atoms with E-state index < -0.39 is 0 Å². The van der Waals surface area contributed by atoms with E-state index in [0.29, 0.717) is 6.54 Å². The molecule has 6 aromatic rings. The van der Waals surface area contributed by atoms with Crippen LogP contribution in [0.2, 0.25) is 0 Å². The van der Waals surface area contributed by atoms with Crippen molar-refractivity contribution in [3.05, 3.63) is 95.6 Å². The molecular formula is C34H33N5O. The highest BCUT2D eigenvalue weighted by Gasteiger charge is 2.30. The Hall–Kier alpha value is -4.13. The summed E-state index contributed by atoms with van der Waals surface area (Å²) < 4.78 is 2.47. The predicted octanol–water partition coefficient (Wildman–Crippen LogP) is 5.88. The Morgan fingerprint density at radius 2 is 1.45 bits per heavy atom. The molecule has 8 rings (SSSR count). The number of para-hydroxylation sites is 2. The largest absolute Gasteiger partial charge is 0.353 e. The summed E-state index contributed by atoms with van der Waals surface area (Å²) in [6.45, 7) is 8.06. The molecule has 4 heterocycles. The number of rotatable bonds is 6. The summed E-state index contributed by atoms with van der Waals surface area (Å²) in [4.78, 5) is 22.2. The molecule has 0 saturated carbocycles. The highest BCUT2D eigenvalue weighted by Crippen LogP contribution is 2.43. The number of hydrogen-bond acceptors (Lipinski definition) is 3. The van der Waals surface area contributed by atoms with Crippen molar-refractivity contribution in [1.29, 1.82) is 0 Å². The first-order chi connectivity index (χ1) is 19.8. The molecule has 0 spiro atoms. The maximum absolute atomic E-state index is 13.3. The van der Waals surface area contributed by atoms with Crippen LogP contribution in [0.5, 0.6) is 0 Å². The average Bonchev–Trinajstić information content (AvgIpc) is 3.66. The number of nitrogens with one attached hydrogen (secondary N) is 2. The van der Waals surface area contributed by atoms with Gasteiger partial charge in [0.2, 0.25) is 0 Å². The molecule has 2 aliphatic rings. The molecular weight excluding hydrogens is 494 g/mol. The van der Waals surface area contributed by atoms with E-state index in [2.05, 4.69) is 104 Å². The molecule has 4 aromatic carbocycles. The standard InChI is InChI=1S/C34H33N5O/c40-34-31-26(21-35-34)29-24-11-4-6-13-27(24)36-32(29)33-30(31)25-12-5-7-14-28(25)39(33)16-8-15-37-17-19-38(20-18-37)22-23-9-2-1-3-10-23/h1-7,9-14,36H,8,15-22H2,(H,35,40). The summed E-state index contributed by atoms with van der Waals surface area (Å²) in [5.41, 5.74) is 8.02. The molecule has 1 amide bonds. The first-order valence-electron chi connectivity index (χ1n) is 14.5. The fourth-order valence-corrected chi connectivity index (χ4v) is 7.11. The second kappa shape index (κ2) is 9.51. The second-order valence-electron chi connectivity index (χ2n) is 11.3. The maximum Gasteiger partial charge on any atom is 0.252 e. The fourth-order valence-electron chi connectivity index (χ4n) is 7.11. The molecule has 2 aromatic heterocycles. The number of carbonyl (C=O) groups excluding carboxylic acids is 1. The number of piperazine rings is 1. The van der Waals surface area contributed by atoms with Gasteiger partial charge in [0.1, 0.15) is 0 Å². The Morgan fingerprint density at radius 1 is 0.725 bits per heavy atom. The van der Waals surface area contributed by atoms with Crippen LogP contribution in [0.25, 0.3) is 43.6 Å². The number of aryl methyl sites for hydroxylation is 1. The Balaban J connectivity index is 1.12. The van der Waals surface area contributed by atoms with Crippen LogP contribution in [0.15, 0.2) is 78.9 Å². The normalized spacial score (nSPS) is 16.4. The molecule has 40 heavy (non-hydrogen) atoms. The van der Waals surface area contributed by atoms with Crippen molar-refractivity contribution >= 4 is 49.5 Å². The lowest BCUT2D eigenvalue weighted by atomic mass is 9.97. The van der Waals surface area contributed by atoms with E-state index in [0.717, 1.165) is 85.3 Å². The van der Waals surface area contributed by atoms with Gasteiger partial charge >= 0.3 is 0 Å². The van der Waals surface area contributed by atoms with Crippen molar-refractivity contribution in [2.45, 2.75) is 26.1 Å². The second-order valence-corrected chi connectivity index (χ2v) is 11.3. The number of H-pyrrole nitrogens is 1. The summed E-state index contributed by atoms with van der Waals surface area (Å²) in [5.74, 6) is 0.0449. The van der Waals surface area contributed by atoms with E-state index >= 15 is 0 Å². The minimum atomic E-state index is 0.0449. The van der Waals surface area contributed by atoms with E-state index in [1.54, 1.807) is 0 Å². The van der Waals surface area contributed by atoms with E-state index in [-0.39, 0.29) is 5.91 Å². The average molecular weight is 528 g/mol. The number of benzene rings is 4. The van der Waals surface area contributed by atoms with Gasteiger partial charge in [0.25, 0.3) is 5.91 Å². The summed E-state index contributed by atoms with van der Waals surface area (Å²) in [6.07, 6.45) is 1.07. The number of nitrogens with zero attached hydrogens (tertiary/aromatic N) is 3. The van der Waals surface area contributed by atoms with Gasteiger partial charge in [-0.1, -0.05) is 66.7 Å². The number of hydrogen-bond donors (Lipinski definition) is 2. The SMILES string of the molecule is O=C1NCc2c1c1c3ccccc3n(CCCN3CCN(Cc4ccccc4)CC3)c1c1[nH]c3ccccc3c21. The molecule has 1 saturated heterocycles. The molecule has 6 heteroatoms. The first kappa shape index (κ1) is 23.7. The van der Waals surface area contributed by atoms with Gasteiger partial charge in [-0.3, -0.25) is 9.69 Å². The first-order valence-corrected chi connectivity index (χ1v) is 14.5. The topological polar surface area (TPSA) is 56.3 Å². The fraction of sp³-hybridized carbons (Fsp3) is 0.265. The van der Waals surface area contributed by atoms with Crippen molar-refractivity contribution in [2.24, 2.45) is 0 Å². The number of carbonyl (C=O) groups is 1. The predicted molar refractivity (Wildman–Crippen MR) is 163 cm³/mol. The van der Waals surface area contributed by atoms with Gasteiger partial charge in [-0.05, 0) is 36.2 Å². The third-order valence-electron chi connectivity index (χ3n) is 8.99. The van der Waals surface area contributed by atoms with Crippen LogP contribution in [0.4, 0.5) is 0 Å². The smallest absolute Gasteiger partial charge is 0.252 e. The third kappa shape index (κ3) is 3.74. The Morgan fingerprint density at radius 3 is 2.30 bits per heavy atom. The molecule has 2 N–H and O–H groups in total. The van der Waals surface area contributed by atoms with E-state index in [1.807, 2.05) is 0 Å². The van der Waals surface area contributed by atoms with Crippen molar-refractivity contribution in [2.75, 3.05) is 32.7 Å². The lowest BCUT2D eigenvalue weighted by Gasteiger charge is -2.34. The van der Waals surface area contributed by atoms with Gasteiger partial charge in [0.05, 0.1) is 16.6 Å². The number of fused-ring (bicyclic) bond motifs is 10. The van der Waals surface area contributed by atoms with Crippen LogP contribution in [0.3, 0.4) is 0 Å². The molecule has 2 aliphatic heterocycles. The summed E-state index contributed by atoms with van der Waals surface area (Å²) >= 11 is 0. The van der Waals surface area contributed by atoms with Crippen molar-refractivity contribution in [3.8, 4) is 0 Å². The van der Waals surface area contributed by atoms with Gasteiger partial charge in [0, 0.05) is 78.4 Å². The molecule has 0 radical (unpaired) electrons. The summed E-state index contributed by atoms with van der Waals surface area (Å²) in [6, 6.07) is 27.9. The van der Waals surface area contributed by atoms with E-state index in [9.17, 15) is 4.79 Å². The molecule has 0 unspecified atom stereocenters. The maximum atomic E-state index is 13.3. The van der Waals surface area contributed by atoms with Crippen LogP contribution in [-0.4, -0.2) is 58.0 Å². The Bertz CT molecular complexity index is 1890. The van der Waals surface area contributed by atoms with Crippen molar-refractivity contribution in [3.63, 3.8) is 0 Å². The molecule has 200 valence electrons. The highest BCUT2D eigenvalue weighted by molar-refractivity contribution is 6.30. The van der Waals surface area contributed by atoms with Crippen molar-refractivity contribution < 1.29 is 4.79 Å². The zero-order valence-electron chi connectivity index (χ0n) is 22.6. The van der Waals surface area contributed by atoms with Gasteiger partial charge in [-0.2, -0.15) is 0 Å². The summed E-state index contributed by atoms with van der Waals surface area (Å²) in [7, 11) is 0. The zero-order chi connectivity index (χ0) is 26.6. The van der Waals surface area contributed by atoms with Crippen molar-refractivity contribution in [1.82, 2.24) is 24.7 Å². The number of amides is 1. The molecule has 6 nitrogen and oxygen atoms in total. The minimum Gasteiger partial charge on any atom is -0.353 e. The lowest BCUT2D eigenvalue weighted by molar-refractivity contribution is 0.0967.